The summed E-state index contributed by atoms with van der Waals surface area (Å²) >= 11 is 3.23. The Bertz CT molecular complexity index is 359. The molecule has 0 unspecified atom stereocenters. The van der Waals surface area contributed by atoms with Crippen LogP contribution in [0.4, 0.5) is 0 Å². The highest BCUT2D eigenvalue weighted by atomic mass is 79.9. The summed E-state index contributed by atoms with van der Waals surface area (Å²) in [4.78, 5) is 26.7. The van der Waals surface area contributed by atoms with Gasteiger partial charge in [-0.2, -0.15) is 0 Å². The van der Waals surface area contributed by atoms with E-state index in [4.69, 9.17) is 0 Å². The molecule has 4 heteroatoms. The molecular weight excluding hydrogens is 258 g/mol. The van der Waals surface area contributed by atoms with Crippen LogP contribution >= 0.6 is 15.9 Å². The van der Waals surface area contributed by atoms with Gasteiger partial charge in [-0.3, -0.25) is 14.6 Å². The van der Waals surface area contributed by atoms with Gasteiger partial charge in [0.1, 0.15) is 11.5 Å². The molecule has 0 aliphatic rings. The highest BCUT2D eigenvalue weighted by Gasteiger charge is 2.11. The number of pyridine rings is 1. The van der Waals surface area contributed by atoms with E-state index < -0.39 is 0 Å². The van der Waals surface area contributed by atoms with Crippen molar-refractivity contribution in [3.05, 3.63) is 28.5 Å². The van der Waals surface area contributed by atoms with Crippen LogP contribution in [0.25, 0.3) is 0 Å². The monoisotopic (exact) mass is 269 g/mol. The SMILES string of the molecule is CCCC(=O)CC(=O)c1ccc(Br)cn1. The molecule has 1 aromatic rings. The zero-order valence-corrected chi connectivity index (χ0v) is 10.1. The molecule has 0 N–H and O–H groups in total. The molecule has 0 fully saturated rings. The number of rotatable bonds is 5. The van der Waals surface area contributed by atoms with Crippen molar-refractivity contribution < 1.29 is 9.59 Å². The lowest BCUT2D eigenvalue weighted by atomic mass is 10.1. The number of carbonyl (C=O) groups excluding carboxylic acids is 2. The fourth-order valence-electron chi connectivity index (χ4n) is 1.18. The van der Waals surface area contributed by atoms with Gasteiger partial charge in [-0.1, -0.05) is 6.92 Å². The summed E-state index contributed by atoms with van der Waals surface area (Å²) in [6, 6.07) is 3.36. The number of carbonyl (C=O) groups is 2. The van der Waals surface area contributed by atoms with Gasteiger partial charge in [0.15, 0.2) is 5.78 Å². The summed E-state index contributed by atoms with van der Waals surface area (Å²) in [6.45, 7) is 1.92. The Kier molecular flexibility index (Phi) is 4.62. The predicted octanol–water partition coefficient (Wildman–Crippen LogP) is 2.79. The van der Waals surface area contributed by atoms with Crippen molar-refractivity contribution in [3.63, 3.8) is 0 Å². The van der Waals surface area contributed by atoms with Crippen molar-refractivity contribution in [3.8, 4) is 0 Å². The van der Waals surface area contributed by atoms with Gasteiger partial charge in [0.25, 0.3) is 0 Å². The molecule has 80 valence electrons. The van der Waals surface area contributed by atoms with Gasteiger partial charge in [0.05, 0.1) is 6.42 Å². The van der Waals surface area contributed by atoms with Crippen molar-refractivity contribution in [1.82, 2.24) is 4.98 Å². The second-order valence-corrected chi connectivity index (χ2v) is 4.17. The number of hydrogen-bond acceptors (Lipinski definition) is 3. The van der Waals surface area contributed by atoms with Crippen molar-refractivity contribution in [1.29, 1.82) is 0 Å². The van der Waals surface area contributed by atoms with E-state index in [1.807, 2.05) is 6.92 Å². The Morgan fingerprint density at radius 2 is 2.13 bits per heavy atom. The third kappa shape index (κ3) is 3.91. The van der Waals surface area contributed by atoms with Crippen LogP contribution in [0, 0.1) is 0 Å². The van der Waals surface area contributed by atoms with Crippen LogP contribution in [-0.4, -0.2) is 16.6 Å². The lowest BCUT2D eigenvalue weighted by Crippen LogP contribution is -2.09. The van der Waals surface area contributed by atoms with Crippen molar-refractivity contribution in [2.24, 2.45) is 0 Å². The van der Waals surface area contributed by atoms with Gasteiger partial charge in [-0.15, -0.1) is 0 Å². The van der Waals surface area contributed by atoms with E-state index in [1.54, 1.807) is 18.3 Å². The van der Waals surface area contributed by atoms with E-state index in [2.05, 4.69) is 20.9 Å². The minimum Gasteiger partial charge on any atom is -0.299 e. The number of Topliss-reactive ketones (excluding diaryl/α,β-unsaturated/α-hetero) is 2. The van der Waals surface area contributed by atoms with Crippen LogP contribution in [0.2, 0.25) is 0 Å². The average molecular weight is 270 g/mol. The summed E-state index contributed by atoms with van der Waals surface area (Å²) in [5.74, 6) is -0.229. The molecule has 0 atom stereocenters. The fourth-order valence-corrected chi connectivity index (χ4v) is 1.41. The normalized spacial score (nSPS) is 10.0. The lowest BCUT2D eigenvalue weighted by Gasteiger charge is -1.99. The minimum absolute atomic E-state index is 0.0211. The molecule has 3 nitrogen and oxygen atoms in total. The van der Waals surface area contributed by atoms with Gasteiger partial charge in [0.2, 0.25) is 0 Å². The zero-order chi connectivity index (χ0) is 11.3. The summed E-state index contributed by atoms with van der Waals surface area (Å²) in [5, 5.41) is 0. The fraction of sp³-hybridized carbons (Fsp3) is 0.364. The highest BCUT2D eigenvalue weighted by Crippen LogP contribution is 2.09. The van der Waals surface area contributed by atoms with Gasteiger partial charge in [0, 0.05) is 17.1 Å². The molecule has 0 bridgehead atoms. The maximum absolute atomic E-state index is 11.5. The van der Waals surface area contributed by atoms with Gasteiger partial charge in [-0.25, -0.2) is 0 Å². The lowest BCUT2D eigenvalue weighted by molar-refractivity contribution is -0.118. The molecule has 0 aliphatic carbocycles. The van der Waals surface area contributed by atoms with Crippen molar-refractivity contribution in [2.75, 3.05) is 0 Å². The van der Waals surface area contributed by atoms with Crippen LogP contribution in [0.3, 0.4) is 0 Å². The molecule has 0 aliphatic heterocycles. The smallest absolute Gasteiger partial charge is 0.188 e. The Balaban J connectivity index is 2.61. The second-order valence-electron chi connectivity index (χ2n) is 3.25. The molecule has 1 rings (SSSR count). The second kappa shape index (κ2) is 5.75. The van der Waals surface area contributed by atoms with Crippen LogP contribution < -0.4 is 0 Å². The van der Waals surface area contributed by atoms with Crippen molar-refractivity contribution in [2.45, 2.75) is 26.2 Å². The predicted molar refractivity (Wildman–Crippen MR) is 60.8 cm³/mol. The summed E-state index contributed by atoms with van der Waals surface area (Å²) < 4.78 is 0.818. The van der Waals surface area contributed by atoms with E-state index in [0.29, 0.717) is 12.1 Å². The molecule has 0 amide bonds. The number of nitrogens with zero attached hydrogens (tertiary/aromatic N) is 1. The third-order valence-corrected chi connectivity index (χ3v) is 2.37. The Morgan fingerprint density at radius 1 is 1.40 bits per heavy atom. The van der Waals surface area contributed by atoms with E-state index in [-0.39, 0.29) is 18.0 Å². The molecule has 1 heterocycles. The minimum atomic E-state index is -0.207. The first-order chi connectivity index (χ1) is 7.13. The molecule has 0 radical (unpaired) electrons. The maximum atomic E-state index is 11.5. The molecule has 0 spiro atoms. The maximum Gasteiger partial charge on any atom is 0.188 e. The first-order valence-corrected chi connectivity index (χ1v) is 5.59. The van der Waals surface area contributed by atoms with Crippen LogP contribution in [0.1, 0.15) is 36.7 Å². The number of ketones is 2. The van der Waals surface area contributed by atoms with E-state index >= 15 is 0 Å². The van der Waals surface area contributed by atoms with Crippen LogP contribution in [-0.2, 0) is 4.79 Å². The van der Waals surface area contributed by atoms with Gasteiger partial charge >= 0.3 is 0 Å². The summed E-state index contributed by atoms with van der Waals surface area (Å²) in [6.07, 6.45) is 2.75. The van der Waals surface area contributed by atoms with E-state index in [0.717, 1.165) is 10.9 Å². The first kappa shape index (κ1) is 12.0. The largest absolute Gasteiger partial charge is 0.299 e. The average Bonchev–Trinajstić information content (AvgIpc) is 2.18. The third-order valence-electron chi connectivity index (χ3n) is 1.90. The van der Waals surface area contributed by atoms with Gasteiger partial charge in [-0.05, 0) is 34.5 Å². The summed E-state index contributed by atoms with van der Waals surface area (Å²) in [7, 11) is 0. The standard InChI is InChI=1S/C11H12BrNO2/c1-2-3-9(14)6-11(15)10-5-4-8(12)7-13-10/h4-5,7H,2-3,6H2,1H3. The van der Waals surface area contributed by atoms with Gasteiger partial charge < -0.3 is 0 Å². The Labute approximate surface area is 97.0 Å². The van der Waals surface area contributed by atoms with E-state index in [1.165, 1.54) is 0 Å². The Hall–Kier alpha value is -1.03. The zero-order valence-electron chi connectivity index (χ0n) is 8.50. The molecule has 1 aromatic heterocycles. The number of aromatic nitrogens is 1. The van der Waals surface area contributed by atoms with Crippen molar-refractivity contribution >= 4 is 27.5 Å². The van der Waals surface area contributed by atoms with E-state index in [9.17, 15) is 9.59 Å². The van der Waals surface area contributed by atoms with Crippen LogP contribution in [0.15, 0.2) is 22.8 Å². The molecule has 15 heavy (non-hydrogen) atoms. The summed E-state index contributed by atoms with van der Waals surface area (Å²) in [5.41, 5.74) is 0.350. The number of halogens is 1. The highest BCUT2D eigenvalue weighted by molar-refractivity contribution is 9.10. The molecular formula is C11H12BrNO2. The van der Waals surface area contributed by atoms with Crippen LogP contribution in [0.5, 0.6) is 0 Å². The topological polar surface area (TPSA) is 47.0 Å². The molecule has 0 saturated heterocycles. The quantitative estimate of drug-likeness (QED) is 0.610. The number of hydrogen-bond donors (Lipinski definition) is 0. The first-order valence-electron chi connectivity index (χ1n) is 4.80. The molecule has 0 saturated carbocycles. The Morgan fingerprint density at radius 3 is 2.67 bits per heavy atom. The molecule has 0 aromatic carbocycles.